The second kappa shape index (κ2) is 9.79. The summed E-state index contributed by atoms with van der Waals surface area (Å²) in [5, 5.41) is 7.06. The smallest absolute Gasteiger partial charge is 0.0894 e. The molecule has 1 saturated carbocycles. The molecule has 4 heteroatoms. The van der Waals surface area contributed by atoms with Crippen molar-refractivity contribution in [2.45, 2.75) is 37.8 Å². The Hall–Kier alpha value is -4.44. The maximum atomic E-state index is 5.09. The number of pyridine rings is 2. The highest BCUT2D eigenvalue weighted by Crippen LogP contribution is 2.29. The summed E-state index contributed by atoms with van der Waals surface area (Å²) in [7, 11) is 0. The van der Waals surface area contributed by atoms with Crippen molar-refractivity contribution in [3.8, 4) is 0 Å². The molecule has 0 radical (unpaired) electrons. The van der Waals surface area contributed by atoms with Crippen molar-refractivity contribution in [3.63, 3.8) is 0 Å². The number of nitrogens with zero attached hydrogens (tertiary/aromatic N) is 4. The molecule has 0 N–H and O–H groups in total. The Labute approximate surface area is 221 Å². The van der Waals surface area contributed by atoms with E-state index in [9.17, 15) is 0 Å². The largest absolute Gasteiger partial charge is 0.285 e. The summed E-state index contributed by atoms with van der Waals surface area (Å²) in [5.41, 5.74) is 3.85. The zero-order chi connectivity index (χ0) is 25.3. The minimum atomic E-state index is 0.138. The van der Waals surface area contributed by atoms with Crippen LogP contribution in [0.15, 0.2) is 107 Å². The van der Waals surface area contributed by atoms with E-state index in [1.807, 2.05) is 24.6 Å². The standard InChI is InChI=1S/C34H28N4/c1-3-15-27-23(11-1)25-13-5-7-17-29(25)37-33(27)21-35-31-19-9-10-20-32(31)36-22-34-28-16-4-2-12-24(28)26-14-6-8-18-30(26)38-34/h1-8,11-18,21-22,31-32H,9-10,19-20H2/t31-,32-/m0/s1. The van der Waals surface area contributed by atoms with Gasteiger partial charge in [-0.15, -0.1) is 0 Å². The van der Waals surface area contributed by atoms with Gasteiger partial charge in [-0.3, -0.25) is 9.98 Å². The molecule has 0 aliphatic heterocycles. The van der Waals surface area contributed by atoms with Crippen molar-refractivity contribution in [1.29, 1.82) is 0 Å². The molecule has 38 heavy (non-hydrogen) atoms. The summed E-state index contributed by atoms with van der Waals surface area (Å²) in [4.78, 5) is 20.1. The Morgan fingerprint density at radius 1 is 0.474 bits per heavy atom. The lowest BCUT2D eigenvalue weighted by molar-refractivity contribution is 0.390. The van der Waals surface area contributed by atoms with Gasteiger partial charge >= 0.3 is 0 Å². The fourth-order valence-electron chi connectivity index (χ4n) is 5.83. The highest BCUT2D eigenvalue weighted by atomic mass is 14.9. The molecule has 0 amide bonds. The lowest BCUT2D eigenvalue weighted by Crippen LogP contribution is -2.27. The highest BCUT2D eigenvalue weighted by Gasteiger charge is 2.23. The molecule has 4 nitrogen and oxygen atoms in total. The topological polar surface area (TPSA) is 50.5 Å². The molecule has 1 aliphatic carbocycles. The van der Waals surface area contributed by atoms with Crippen molar-refractivity contribution in [1.82, 2.24) is 9.97 Å². The minimum absolute atomic E-state index is 0.138. The number of hydrogen-bond donors (Lipinski definition) is 0. The van der Waals surface area contributed by atoms with Crippen LogP contribution in [0.2, 0.25) is 0 Å². The molecule has 0 bridgehead atoms. The van der Waals surface area contributed by atoms with Crippen molar-refractivity contribution in [2.75, 3.05) is 0 Å². The Balaban J connectivity index is 1.24. The van der Waals surface area contributed by atoms with E-state index in [-0.39, 0.29) is 12.1 Å². The van der Waals surface area contributed by atoms with Crippen LogP contribution in [0.25, 0.3) is 43.4 Å². The van der Waals surface area contributed by atoms with E-state index < -0.39 is 0 Å². The summed E-state index contributed by atoms with van der Waals surface area (Å²) in [6.45, 7) is 0. The molecule has 0 saturated heterocycles. The van der Waals surface area contributed by atoms with Crippen LogP contribution in [0.3, 0.4) is 0 Å². The van der Waals surface area contributed by atoms with Gasteiger partial charge in [0.2, 0.25) is 0 Å². The van der Waals surface area contributed by atoms with Gasteiger partial charge in [0.05, 0.1) is 34.5 Å². The SMILES string of the molecule is C(=N[C@H]1CCCC[C@@H]1N=Cc1nc2ccccc2c2ccccc12)c1nc2ccccc2c2ccccc12. The van der Waals surface area contributed by atoms with E-state index in [0.29, 0.717) is 0 Å². The van der Waals surface area contributed by atoms with Gasteiger partial charge in [-0.2, -0.15) is 0 Å². The Morgan fingerprint density at radius 3 is 1.29 bits per heavy atom. The summed E-state index contributed by atoms with van der Waals surface area (Å²) in [6.07, 6.45) is 8.40. The van der Waals surface area contributed by atoms with Gasteiger partial charge < -0.3 is 0 Å². The number of benzene rings is 4. The quantitative estimate of drug-likeness (QED) is 0.185. The second-order valence-electron chi connectivity index (χ2n) is 10.1. The molecular weight excluding hydrogens is 464 g/mol. The van der Waals surface area contributed by atoms with E-state index in [1.54, 1.807) is 0 Å². The molecule has 2 aromatic heterocycles. The number of aromatic nitrogens is 2. The van der Waals surface area contributed by atoms with Crippen molar-refractivity contribution in [2.24, 2.45) is 9.98 Å². The zero-order valence-corrected chi connectivity index (χ0v) is 21.2. The first-order valence-corrected chi connectivity index (χ1v) is 13.5. The average molecular weight is 493 g/mol. The van der Waals surface area contributed by atoms with Crippen LogP contribution in [-0.4, -0.2) is 34.5 Å². The Bertz CT molecular complexity index is 1720. The predicted molar refractivity (Wildman–Crippen MR) is 160 cm³/mol. The van der Waals surface area contributed by atoms with Gasteiger partial charge in [-0.05, 0) is 35.7 Å². The lowest BCUT2D eigenvalue weighted by Gasteiger charge is -2.25. The predicted octanol–water partition coefficient (Wildman–Crippen LogP) is 7.94. The molecule has 2 atom stereocenters. The van der Waals surface area contributed by atoms with Gasteiger partial charge in [0.25, 0.3) is 0 Å². The first-order chi connectivity index (χ1) is 18.8. The average Bonchev–Trinajstić information content (AvgIpc) is 2.99. The molecule has 0 spiro atoms. The van der Waals surface area contributed by atoms with Gasteiger partial charge in [-0.25, -0.2) is 9.97 Å². The maximum Gasteiger partial charge on any atom is 0.0894 e. The van der Waals surface area contributed by atoms with Crippen molar-refractivity contribution >= 4 is 55.8 Å². The van der Waals surface area contributed by atoms with E-state index >= 15 is 0 Å². The first kappa shape index (κ1) is 22.7. The van der Waals surface area contributed by atoms with Gasteiger partial charge in [-0.1, -0.05) is 97.8 Å². The Kier molecular flexibility index (Phi) is 5.86. The number of hydrogen-bond acceptors (Lipinski definition) is 4. The van der Waals surface area contributed by atoms with Crippen molar-refractivity contribution < 1.29 is 0 Å². The number of rotatable bonds is 4. The molecule has 2 heterocycles. The number of aliphatic imine (C=N–C) groups is 2. The van der Waals surface area contributed by atoms with Crippen LogP contribution in [-0.2, 0) is 0 Å². The second-order valence-corrected chi connectivity index (χ2v) is 10.1. The van der Waals surface area contributed by atoms with Crippen LogP contribution >= 0.6 is 0 Å². The maximum absolute atomic E-state index is 5.09. The van der Waals surface area contributed by atoms with Crippen LogP contribution in [0.1, 0.15) is 37.1 Å². The summed E-state index contributed by atoms with van der Waals surface area (Å²) >= 11 is 0. The van der Waals surface area contributed by atoms with Crippen LogP contribution < -0.4 is 0 Å². The fourth-order valence-corrected chi connectivity index (χ4v) is 5.83. The van der Waals surface area contributed by atoms with E-state index in [0.717, 1.165) is 46.0 Å². The third kappa shape index (κ3) is 4.12. The van der Waals surface area contributed by atoms with Crippen LogP contribution in [0, 0.1) is 0 Å². The normalized spacial score (nSPS) is 18.4. The summed E-state index contributed by atoms with van der Waals surface area (Å²) in [5.74, 6) is 0. The number of fused-ring (bicyclic) bond motifs is 6. The summed E-state index contributed by atoms with van der Waals surface area (Å²) < 4.78 is 0. The van der Waals surface area contributed by atoms with Crippen molar-refractivity contribution in [3.05, 3.63) is 108 Å². The summed E-state index contributed by atoms with van der Waals surface area (Å²) in [6, 6.07) is 33.9. The molecule has 7 rings (SSSR count). The molecule has 1 fully saturated rings. The minimum Gasteiger partial charge on any atom is -0.285 e. The molecule has 1 aliphatic rings. The van der Waals surface area contributed by atoms with E-state index in [1.165, 1.54) is 34.4 Å². The Morgan fingerprint density at radius 2 is 0.842 bits per heavy atom. The lowest BCUT2D eigenvalue weighted by atomic mass is 9.91. The number of para-hydroxylation sites is 2. The zero-order valence-electron chi connectivity index (χ0n) is 21.2. The molecule has 0 unspecified atom stereocenters. The third-order valence-corrected chi connectivity index (χ3v) is 7.75. The molecular formula is C34H28N4. The highest BCUT2D eigenvalue weighted by molar-refractivity contribution is 6.12. The van der Waals surface area contributed by atoms with Crippen LogP contribution in [0.5, 0.6) is 0 Å². The molecule has 4 aromatic carbocycles. The first-order valence-electron chi connectivity index (χ1n) is 13.5. The van der Waals surface area contributed by atoms with Gasteiger partial charge in [0.15, 0.2) is 0 Å². The van der Waals surface area contributed by atoms with E-state index in [2.05, 4.69) is 84.9 Å². The van der Waals surface area contributed by atoms with Crippen LogP contribution in [0.4, 0.5) is 0 Å². The monoisotopic (exact) mass is 492 g/mol. The molecule has 184 valence electrons. The van der Waals surface area contributed by atoms with E-state index in [4.69, 9.17) is 20.0 Å². The molecule has 6 aromatic rings. The third-order valence-electron chi connectivity index (χ3n) is 7.75. The van der Waals surface area contributed by atoms with Gasteiger partial charge in [0, 0.05) is 34.0 Å². The fraction of sp³-hybridized carbons (Fsp3) is 0.176. The van der Waals surface area contributed by atoms with Gasteiger partial charge in [0.1, 0.15) is 0 Å².